The number of hydrogen-bond donors (Lipinski definition) is 1. The summed E-state index contributed by atoms with van der Waals surface area (Å²) < 4.78 is 6.37. The number of nitrogens with one attached hydrogen (secondary N) is 1. The summed E-state index contributed by atoms with van der Waals surface area (Å²) in [7, 11) is 0. The Morgan fingerprint density at radius 3 is 2.72 bits per heavy atom. The zero-order valence-electron chi connectivity index (χ0n) is 16.5. The van der Waals surface area contributed by atoms with Crippen LogP contribution in [0, 0.1) is 0 Å². The average Bonchev–Trinajstić information content (AvgIpc) is 3.36. The largest absolute Gasteiger partial charge is 0.369 e. The van der Waals surface area contributed by atoms with Crippen molar-refractivity contribution in [2.24, 2.45) is 0 Å². The van der Waals surface area contributed by atoms with Crippen molar-refractivity contribution in [3.63, 3.8) is 0 Å². The molecule has 6 heteroatoms. The molecule has 0 radical (unpaired) electrons. The molecule has 5 nitrogen and oxygen atoms in total. The number of likely N-dealkylation sites (tertiary alicyclic amines) is 1. The SMILES string of the molecule is O=C1CC[C@H](CC(=O)N2CCC3(CC2)OCCc2cc(-c4ccccc4)sc23)N1. The summed E-state index contributed by atoms with van der Waals surface area (Å²) in [5.74, 6) is 0.217. The van der Waals surface area contributed by atoms with Gasteiger partial charge in [-0.1, -0.05) is 30.3 Å². The molecule has 3 aliphatic heterocycles. The van der Waals surface area contributed by atoms with Gasteiger partial charge in [0.25, 0.3) is 0 Å². The van der Waals surface area contributed by atoms with Crippen LogP contribution in [0.25, 0.3) is 10.4 Å². The molecule has 2 saturated heterocycles. The molecule has 29 heavy (non-hydrogen) atoms. The fourth-order valence-corrected chi connectivity index (χ4v) is 6.24. The highest BCUT2D eigenvalue weighted by atomic mass is 32.1. The maximum atomic E-state index is 12.7. The minimum absolute atomic E-state index is 0.00847. The first-order valence-corrected chi connectivity index (χ1v) is 11.3. The summed E-state index contributed by atoms with van der Waals surface area (Å²) in [6, 6.07) is 12.9. The fraction of sp³-hybridized carbons (Fsp3) is 0.478. The van der Waals surface area contributed by atoms with Gasteiger partial charge in [0.2, 0.25) is 11.8 Å². The van der Waals surface area contributed by atoms with E-state index in [1.165, 1.54) is 20.9 Å². The summed E-state index contributed by atoms with van der Waals surface area (Å²) in [5.41, 5.74) is 2.42. The van der Waals surface area contributed by atoms with Gasteiger partial charge in [0, 0.05) is 41.7 Å². The Balaban J connectivity index is 1.29. The van der Waals surface area contributed by atoms with Gasteiger partial charge < -0.3 is 15.0 Å². The van der Waals surface area contributed by atoms with Gasteiger partial charge in [0.05, 0.1) is 6.61 Å². The first-order chi connectivity index (χ1) is 14.1. The normalized spacial score (nSPS) is 23.1. The van der Waals surface area contributed by atoms with E-state index in [0.717, 1.165) is 45.4 Å². The molecule has 3 aliphatic rings. The van der Waals surface area contributed by atoms with Crippen LogP contribution in [0.2, 0.25) is 0 Å². The molecular formula is C23H26N2O3S. The molecule has 2 aromatic rings. The minimum Gasteiger partial charge on any atom is -0.369 e. The van der Waals surface area contributed by atoms with Crippen molar-refractivity contribution in [2.75, 3.05) is 19.7 Å². The first-order valence-electron chi connectivity index (χ1n) is 10.5. The highest BCUT2D eigenvalue weighted by molar-refractivity contribution is 7.15. The molecule has 2 amide bonds. The summed E-state index contributed by atoms with van der Waals surface area (Å²) >= 11 is 1.85. The van der Waals surface area contributed by atoms with E-state index in [2.05, 4.69) is 35.6 Å². The van der Waals surface area contributed by atoms with Crippen molar-refractivity contribution in [3.05, 3.63) is 46.8 Å². The van der Waals surface area contributed by atoms with Crippen LogP contribution < -0.4 is 5.32 Å². The number of fused-ring (bicyclic) bond motifs is 2. The highest BCUT2D eigenvalue weighted by Gasteiger charge is 2.43. The second kappa shape index (κ2) is 7.58. The Hall–Kier alpha value is -2.18. The second-order valence-electron chi connectivity index (χ2n) is 8.31. The Morgan fingerprint density at radius 1 is 1.21 bits per heavy atom. The third-order valence-corrected chi connectivity index (χ3v) is 7.87. The van der Waals surface area contributed by atoms with Crippen LogP contribution in [0.15, 0.2) is 36.4 Å². The lowest BCUT2D eigenvalue weighted by Gasteiger charge is -2.43. The molecule has 0 unspecified atom stereocenters. The van der Waals surface area contributed by atoms with Crippen molar-refractivity contribution in [1.82, 2.24) is 10.2 Å². The number of rotatable bonds is 3. The predicted molar refractivity (Wildman–Crippen MR) is 113 cm³/mol. The molecule has 1 aromatic heterocycles. The Labute approximate surface area is 175 Å². The number of carbonyl (C=O) groups is 2. The number of piperidine rings is 1. The van der Waals surface area contributed by atoms with Crippen LogP contribution in [0.5, 0.6) is 0 Å². The smallest absolute Gasteiger partial charge is 0.224 e. The molecule has 1 atom stereocenters. The predicted octanol–water partition coefficient (Wildman–Crippen LogP) is 3.47. The van der Waals surface area contributed by atoms with Crippen LogP contribution in [-0.4, -0.2) is 42.5 Å². The molecule has 2 fully saturated rings. The third-order valence-electron chi connectivity index (χ3n) is 6.46. The molecular weight excluding hydrogens is 384 g/mol. The van der Waals surface area contributed by atoms with Crippen molar-refractivity contribution in [1.29, 1.82) is 0 Å². The number of hydrogen-bond acceptors (Lipinski definition) is 4. The van der Waals surface area contributed by atoms with E-state index in [1.807, 2.05) is 22.3 Å². The Bertz CT molecular complexity index is 915. The molecule has 1 spiro atoms. The van der Waals surface area contributed by atoms with Gasteiger partial charge in [-0.3, -0.25) is 9.59 Å². The van der Waals surface area contributed by atoms with Crippen molar-refractivity contribution < 1.29 is 14.3 Å². The van der Waals surface area contributed by atoms with E-state index in [-0.39, 0.29) is 23.5 Å². The lowest BCUT2D eigenvalue weighted by molar-refractivity contribution is -0.140. The van der Waals surface area contributed by atoms with Crippen molar-refractivity contribution in [3.8, 4) is 10.4 Å². The number of thiophene rings is 1. The van der Waals surface area contributed by atoms with Gasteiger partial charge >= 0.3 is 0 Å². The standard InChI is InChI=1S/C23H26N2O3S/c26-20-7-6-18(24-20)15-21(27)25-11-9-23(10-12-25)22-17(8-13-28-23)14-19(29-22)16-4-2-1-3-5-16/h1-5,14,18H,6-13,15H2,(H,24,26)/t18-/m1/s1. The van der Waals surface area contributed by atoms with Crippen molar-refractivity contribution >= 4 is 23.2 Å². The van der Waals surface area contributed by atoms with Crippen LogP contribution in [0.3, 0.4) is 0 Å². The molecule has 5 rings (SSSR count). The molecule has 152 valence electrons. The van der Waals surface area contributed by atoms with Gasteiger partial charge in [-0.2, -0.15) is 0 Å². The van der Waals surface area contributed by atoms with E-state index in [4.69, 9.17) is 4.74 Å². The zero-order valence-corrected chi connectivity index (χ0v) is 17.3. The number of carbonyl (C=O) groups excluding carboxylic acids is 2. The molecule has 0 saturated carbocycles. The number of ether oxygens (including phenoxy) is 1. The average molecular weight is 411 g/mol. The maximum Gasteiger partial charge on any atom is 0.224 e. The van der Waals surface area contributed by atoms with Crippen LogP contribution in [-0.2, 0) is 26.3 Å². The molecule has 1 aromatic carbocycles. The van der Waals surface area contributed by atoms with E-state index in [0.29, 0.717) is 12.8 Å². The quantitative estimate of drug-likeness (QED) is 0.843. The first kappa shape index (κ1) is 18.8. The van der Waals surface area contributed by atoms with E-state index >= 15 is 0 Å². The molecule has 0 bridgehead atoms. The van der Waals surface area contributed by atoms with Gasteiger partial charge in [0.15, 0.2) is 0 Å². The number of benzene rings is 1. The van der Waals surface area contributed by atoms with E-state index in [9.17, 15) is 9.59 Å². The number of nitrogens with zero attached hydrogens (tertiary/aromatic N) is 1. The molecule has 0 aliphatic carbocycles. The lowest BCUT2D eigenvalue weighted by Crippen LogP contribution is -2.48. The topological polar surface area (TPSA) is 58.6 Å². The zero-order chi connectivity index (χ0) is 19.8. The van der Waals surface area contributed by atoms with Gasteiger partial charge in [-0.25, -0.2) is 0 Å². The second-order valence-corrected chi connectivity index (χ2v) is 9.36. The fourth-order valence-electron chi connectivity index (χ4n) is 4.83. The van der Waals surface area contributed by atoms with Crippen LogP contribution in [0.4, 0.5) is 0 Å². The van der Waals surface area contributed by atoms with Gasteiger partial charge in [-0.15, -0.1) is 11.3 Å². The van der Waals surface area contributed by atoms with E-state index in [1.54, 1.807) is 0 Å². The van der Waals surface area contributed by atoms with Crippen LogP contribution in [0.1, 0.15) is 42.5 Å². The highest BCUT2D eigenvalue weighted by Crippen LogP contribution is 2.47. The summed E-state index contributed by atoms with van der Waals surface area (Å²) in [6.07, 6.45) is 4.38. The Morgan fingerprint density at radius 2 is 2.00 bits per heavy atom. The van der Waals surface area contributed by atoms with Gasteiger partial charge in [-0.05, 0) is 42.9 Å². The summed E-state index contributed by atoms with van der Waals surface area (Å²) in [4.78, 5) is 28.7. The Kier molecular flexibility index (Phi) is 4.92. The molecule has 1 N–H and O–H groups in total. The summed E-state index contributed by atoms with van der Waals surface area (Å²) in [5, 5.41) is 2.90. The monoisotopic (exact) mass is 410 g/mol. The van der Waals surface area contributed by atoms with Crippen molar-refractivity contribution in [2.45, 2.75) is 50.2 Å². The lowest BCUT2D eigenvalue weighted by atomic mass is 9.85. The maximum absolute atomic E-state index is 12.7. The van der Waals surface area contributed by atoms with Crippen LogP contribution >= 0.6 is 11.3 Å². The van der Waals surface area contributed by atoms with Gasteiger partial charge in [0.1, 0.15) is 5.60 Å². The van der Waals surface area contributed by atoms with E-state index < -0.39 is 0 Å². The minimum atomic E-state index is -0.246. The number of amides is 2. The molecule has 4 heterocycles. The summed E-state index contributed by atoms with van der Waals surface area (Å²) in [6.45, 7) is 2.19. The third kappa shape index (κ3) is 3.60.